The van der Waals surface area contributed by atoms with E-state index in [9.17, 15) is 0 Å². The Kier molecular flexibility index (Phi) is 3.68. The molecule has 114 valence electrons. The standard InChI is InChI=1S/C18H26N2O/c1-12(2)17-20-15-11-14(5-6-16(15)21-17)19-13-7-9-18(3,4)10-8-13/h5-6,11-13,19H,7-10H2,1-4H3. The van der Waals surface area contributed by atoms with Crippen molar-refractivity contribution in [1.82, 2.24) is 4.98 Å². The highest BCUT2D eigenvalue weighted by molar-refractivity contribution is 5.77. The van der Waals surface area contributed by atoms with Crippen LogP contribution >= 0.6 is 0 Å². The highest BCUT2D eigenvalue weighted by Gasteiger charge is 2.26. The lowest BCUT2D eigenvalue weighted by Crippen LogP contribution is -2.29. The zero-order valence-corrected chi connectivity index (χ0v) is 13.6. The van der Waals surface area contributed by atoms with E-state index in [-0.39, 0.29) is 0 Å². The molecule has 3 heteroatoms. The quantitative estimate of drug-likeness (QED) is 0.828. The van der Waals surface area contributed by atoms with Gasteiger partial charge in [0, 0.05) is 17.6 Å². The lowest BCUT2D eigenvalue weighted by atomic mass is 9.75. The maximum Gasteiger partial charge on any atom is 0.198 e. The van der Waals surface area contributed by atoms with E-state index in [0.717, 1.165) is 22.7 Å². The fraction of sp³-hybridized carbons (Fsp3) is 0.611. The maximum absolute atomic E-state index is 5.76. The molecule has 1 aliphatic rings. The molecule has 0 aliphatic heterocycles. The minimum absolute atomic E-state index is 0.328. The Hall–Kier alpha value is -1.51. The van der Waals surface area contributed by atoms with Crippen LogP contribution in [-0.4, -0.2) is 11.0 Å². The van der Waals surface area contributed by atoms with Gasteiger partial charge in [0.25, 0.3) is 0 Å². The van der Waals surface area contributed by atoms with Crippen LogP contribution in [0.1, 0.15) is 65.2 Å². The molecule has 3 nitrogen and oxygen atoms in total. The number of hydrogen-bond donors (Lipinski definition) is 1. The average molecular weight is 286 g/mol. The second-order valence-corrected chi connectivity index (χ2v) is 7.47. The van der Waals surface area contributed by atoms with Crippen molar-refractivity contribution >= 4 is 16.8 Å². The molecule has 0 amide bonds. The van der Waals surface area contributed by atoms with E-state index in [4.69, 9.17) is 4.42 Å². The van der Waals surface area contributed by atoms with Crippen molar-refractivity contribution in [1.29, 1.82) is 0 Å². The van der Waals surface area contributed by atoms with Gasteiger partial charge in [-0.1, -0.05) is 27.7 Å². The van der Waals surface area contributed by atoms with Crippen molar-refractivity contribution in [3.8, 4) is 0 Å². The molecule has 0 radical (unpaired) electrons. The fourth-order valence-electron chi connectivity index (χ4n) is 3.06. The van der Waals surface area contributed by atoms with Gasteiger partial charge in [0.2, 0.25) is 0 Å². The molecule has 0 atom stereocenters. The van der Waals surface area contributed by atoms with E-state index >= 15 is 0 Å². The summed E-state index contributed by atoms with van der Waals surface area (Å²) in [5.41, 5.74) is 3.52. The molecule has 1 saturated carbocycles. The first-order valence-electron chi connectivity index (χ1n) is 8.10. The van der Waals surface area contributed by atoms with Crippen molar-refractivity contribution in [2.75, 3.05) is 5.32 Å². The van der Waals surface area contributed by atoms with E-state index in [1.807, 2.05) is 6.07 Å². The van der Waals surface area contributed by atoms with Crippen LogP contribution in [0.2, 0.25) is 0 Å². The van der Waals surface area contributed by atoms with Crippen LogP contribution in [0.25, 0.3) is 11.1 Å². The minimum atomic E-state index is 0.328. The van der Waals surface area contributed by atoms with Crippen LogP contribution in [0.15, 0.2) is 22.6 Å². The van der Waals surface area contributed by atoms with Gasteiger partial charge in [0.15, 0.2) is 11.5 Å². The Bertz CT molecular complexity index is 617. The number of oxazole rings is 1. The topological polar surface area (TPSA) is 38.1 Å². The predicted molar refractivity (Wildman–Crippen MR) is 87.8 cm³/mol. The molecule has 21 heavy (non-hydrogen) atoms. The first-order chi connectivity index (χ1) is 9.93. The zero-order chi connectivity index (χ0) is 15.0. The minimum Gasteiger partial charge on any atom is -0.440 e. The summed E-state index contributed by atoms with van der Waals surface area (Å²) in [4.78, 5) is 4.58. The first-order valence-corrected chi connectivity index (χ1v) is 8.10. The molecule has 2 aromatic rings. The molecular weight excluding hydrogens is 260 g/mol. The van der Waals surface area contributed by atoms with Gasteiger partial charge in [0.05, 0.1) is 0 Å². The Labute approximate surface area is 127 Å². The van der Waals surface area contributed by atoms with E-state index < -0.39 is 0 Å². The molecule has 0 bridgehead atoms. The SMILES string of the molecule is CC(C)c1nc2cc(NC3CCC(C)(C)CC3)ccc2o1. The van der Waals surface area contributed by atoms with Gasteiger partial charge >= 0.3 is 0 Å². The molecule has 0 saturated heterocycles. The van der Waals surface area contributed by atoms with Crippen molar-refractivity contribution in [3.05, 3.63) is 24.1 Å². The van der Waals surface area contributed by atoms with Gasteiger partial charge < -0.3 is 9.73 Å². The van der Waals surface area contributed by atoms with Gasteiger partial charge in [-0.25, -0.2) is 4.98 Å². The fourth-order valence-corrected chi connectivity index (χ4v) is 3.06. The zero-order valence-electron chi connectivity index (χ0n) is 13.6. The van der Waals surface area contributed by atoms with E-state index in [0.29, 0.717) is 17.4 Å². The van der Waals surface area contributed by atoms with E-state index in [2.05, 4.69) is 50.1 Å². The summed E-state index contributed by atoms with van der Waals surface area (Å²) in [6.45, 7) is 8.96. The maximum atomic E-state index is 5.76. The smallest absolute Gasteiger partial charge is 0.198 e. The van der Waals surface area contributed by atoms with Crippen molar-refractivity contribution in [2.45, 2.75) is 65.3 Å². The molecule has 1 N–H and O–H groups in total. The molecular formula is C18H26N2O. The number of rotatable bonds is 3. The van der Waals surface area contributed by atoms with E-state index in [1.54, 1.807) is 0 Å². The highest BCUT2D eigenvalue weighted by Crippen LogP contribution is 2.36. The molecule has 0 unspecified atom stereocenters. The molecule has 1 aromatic carbocycles. The van der Waals surface area contributed by atoms with Crippen LogP contribution in [-0.2, 0) is 0 Å². The highest BCUT2D eigenvalue weighted by atomic mass is 16.3. The number of aromatic nitrogens is 1. The molecule has 3 rings (SSSR count). The second-order valence-electron chi connectivity index (χ2n) is 7.47. The van der Waals surface area contributed by atoms with Crippen LogP contribution in [0.5, 0.6) is 0 Å². The van der Waals surface area contributed by atoms with Crippen molar-refractivity contribution in [2.24, 2.45) is 5.41 Å². The predicted octanol–water partition coefficient (Wildman–Crippen LogP) is 5.33. The van der Waals surface area contributed by atoms with Crippen LogP contribution in [0, 0.1) is 5.41 Å². The molecule has 0 spiro atoms. The lowest BCUT2D eigenvalue weighted by Gasteiger charge is -2.35. The summed E-state index contributed by atoms with van der Waals surface area (Å²) in [7, 11) is 0. The van der Waals surface area contributed by atoms with Crippen LogP contribution in [0.3, 0.4) is 0 Å². The number of nitrogens with one attached hydrogen (secondary N) is 1. The van der Waals surface area contributed by atoms with Crippen molar-refractivity contribution < 1.29 is 4.42 Å². The van der Waals surface area contributed by atoms with Gasteiger partial charge in [-0.05, 0) is 49.3 Å². The van der Waals surface area contributed by atoms with Gasteiger partial charge in [-0.3, -0.25) is 0 Å². The third kappa shape index (κ3) is 3.22. The summed E-state index contributed by atoms with van der Waals surface area (Å²) in [5.74, 6) is 1.15. The molecule has 1 aliphatic carbocycles. The third-order valence-electron chi connectivity index (χ3n) is 4.61. The lowest BCUT2D eigenvalue weighted by molar-refractivity contribution is 0.232. The molecule has 1 fully saturated rings. The van der Waals surface area contributed by atoms with Gasteiger partial charge in [-0.15, -0.1) is 0 Å². The van der Waals surface area contributed by atoms with Gasteiger partial charge in [-0.2, -0.15) is 0 Å². The Morgan fingerprint density at radius 2 is 1.95 bits per heavy atom. The molecule has 1 heterocycles. The molecule has 1 aromatic heterocycles. The summed E-state index contributed by atoms with van der Waals surface area (Å²) < 4.78 is 5.76. The number of nitrogens with zero attached hydrogens (tertiary/aromatic N) is 1. The van der Waals surface area contributed by atoms with E-state index in [1.165, 1.54) is 25.7 Å². The van der Waals surface area contributed by atoms with Crippen LogP contribution in [0.4, 0.5) is 5.69 Å². The Morgan fingerprint density at radius 1 is 1.24 bits per heavy atom. The number of fused-ring (bicyclic) bond motifs is 1. The number of hydrogen-bond acceptors (Lipinski definition) is 3. The monoisotopic (exact) mass is 286 g/mol. The number of anilines is 1. The summed E-state index contributed by atoms with van der Waals surface area (Å²) >= 11 is 0. The third-order valence-corrected chi connectivity index (χ3v) is 4.61. The van der Waals surface area contributed by atoms with Crippen molar-refractivity contribution in [3.63, 3.8) is 0 Å². The first kappa shape index (κ1) is 14.4. The Balaban J connectivity index is 1.73. The summed E-state index contributed by atoms with van der Waals surface area (Å²) in [6, 6.07) is 6.84. The summed E-state index contributed by atoms with van der Waals surface area (Å²) in [5, 5.41) is 3.67. The normalized spacial score (nSPS) is 19.3. The Morgan fingerprint density at radius 3 is 2.62 bits per heavy atom. The number of benzene rings is 1. The van der Waals surface area contributed by atoms with Gasteiger partial charge in [0.1, 0.15) is 5.52 Å². The average Bonchev–Trinajstić information content (AvgIpc) is 2.84. The summed E-state index contributed by atoms with van der Waals surface area (Å²) in [6.07, 6.45) is 5.10. The van der Waals surface area contributed by atoms with Crippen LogP contribution < -0.4 is 5.32 Å². The second kappa shape index (κ2) is 5.36. The largest absolute Gasteiger partial charge is 0.440 e.